The second-order valence-electron chi connectivity index (χ2n) is 19.3. The fraction of sp³-hybridized carbons (Fsp3) is 0.167. The Morgan fingerprint density at radius 2 is 0.388 bits per heavy atom. The normalized spacial score (nSPS) is 22.1. The molecule has 98 heavy (non-hydrogen) atoms. The molecular formula is C60H36I8S30. The van der Waals surface area contributed by atoms with Crippen molar-refractivity contribution < 1.29 is 0 Å². The summed E-state index contributed by atoms with van der Waals surface area (Å²) < 4.78 is 26.1. The molecule has 0 saturated carbocycles. The van der Waals surface area contributed by atoms with E-state index in [0.717, 1.165) is 0 Å². The Morgan fingerprint density at radius 3 is 0.571 bits per heavy atom. The smallest absolute Gasteiger partial charge is 0.0717 e. The Hall–Kier alpha value is 9.84. The molecule has 0 unspecified atom stereocenters. The molecule has 0 amide bonds. The quantitative estimate of drug-likeness (QED) is 0.107. The van der Waals surface area contributed by atoms with E-state index in [9.17, 15) is 0 Å². The zero-order chi connectivity index (χ0) is 67.2. The second-order valence-corrected chi connectivity index (χ2v) is 67.6. The first-order valence-corrected chi connectivity index (χ1v) is 65.2. The molecule has 5 aromatic rings. The van der Waals surface area contributed by atoms with Crippen molar-refractivity contribution in [1.82, 2.24) is 0 Å². The van der Waals surface area contributed by atoms with Crippen LogP contribution in [0, 0.1) is 14.3 Å². The van der Waals surface area contributed by atoms with E-state index in [-0.39, 0.29) is 0 Å². The van der Waals surface area contributed by atoms with Gasteiger partial charge in [0, 0.05) is 111 Å². The molecule has 0 aliphatic carbocycles. The van der Waals surface area contributed by atoms with Gasteiger partial charge in [-0.2, -0.15) is 0 Å². The summed E-state index contributed by atoms with van der Waals surface area (Å²) in [6.45, 7) is 0. The molecule has 0 radical (unpaired) electrons. The minimum Gasteiger partial charge on any atom is -0.116 e. The third-order valence-electron chi connectivity index (χ3n) is 13.4. The molecule has 15 heterocycles. The van der Waals surface area contributed by atoms with E-state index in [1.165, 1.54) is 160 Å². The summed E-state index contributed by atoms with van der Waals surface area (Å²) in [6, 6.07) is 14.1. The number of hydrogen-bond acceptors (Lipinski definition) is 30. The highest BCUT2D eigenvalue weighted by Crippen LogP contribution is 2.66. The summed E-state index contributed by atoms with van der Waals surface area (Å²) in [5.41, 5.74) is 0. The molecule has 15 aliphatic heterocycles. The van der Waals surface area contributed by atoms with Crippen LogP contribution in [-0.4, -0.2) is 57.5 Å². The average Bonchev–Trinajstić information content (AvgIpc) is 0.992. The lowest BCUT2D eigenvalue weighted by Crippen LogP contribution is -1.93. The lowest BCUT2D eigenvalue weighted by molar-refractivity contribution is 1.56. The molecule has 0 fully saturated rings. The van der Waals surface area contributed by atoms with Crippen molar-refractivity contribution in [3.63, 3.8) is 0 Å². The summed E-state index contributed by atoms with van der Waals surface area (Å²) in [7, 11) is 15.9. The molecule has 512 valence electrons. The Morgan fingerprint density at radius 1 is 0.214 bits per heavy atom. The van der Waals surface area contributed by atoms with Crippen LogP contribution in [0.2, 0.25) is 0 Å². The molecule has 0 atom stereocenters. The molecule has 15 aliphatic rings. The van der Waals surface area contributed by atoms with Gasteiger partial charge < -0.3 is 0 Å². The van der Waals surface area contributed by atoms with Gasteiger partial charge in [-0.1, -0.05) is 322 Å². The molecule has 5 aromatic carbocycles. The SMILES string of the molecule is C1=CSC(=C2SC3=C(CSSC3)S2)S1.C1=CSC(=C2SC3=C(CSSC3)S2)S1.C1=CSC(=C2SC3=C(CSSC3)S2)S1.C1=CSC(=C2SC3=C(CSSC3)S2)S1.C1=CSC(=C2SC3=C(SCCS3)S2)S1.IC(I)=C(I)I.Ic1cc2c(cc1I)c1cc3c4cc(I)c(I)cc4c3cc21. The fourth-order valence-electron chi connectivity index (χ4n) is 9.08. The predicted octanol–water partition coefficient (Wildman–Crippen LogP) is 37.2. The highest BCUT2D eigenvalue weighted by Gasteiger charge is 2.33. The molecular weight excluding hydrogens is 2700 g/mol. The van der Waals surface area contributed by atoms with Gasteiger partial charge in [0.2, 0.25) is 0 Å². The van der Waals surface area contributed by atoms with E-state index in [0.29, 0.717) is 0 Å². The molecule has 0 N–H and O–H groups in total. The minimum absolute atomic E-state index is 1.21. The Bertz CT molecular complexity index is 3770. The number of hydrogen-bond donors (Lipinski definition) is 0. The van der Waals surface area contributed by atoms with E-state index < -0.39 is 0 Å². The van der Waals surface area contributed by atoms with Crippen molar-refractivity contribution in [2.24, 2.45) is 0 Å². The predicted molar refractivity (Wildman–Crippen MR) is 585 cm³/mol. The highest BCUT2D eigenvalue weighted by atomic mass is 127. The molecule has 0 bridgehead atoms. The molecule has 0 aromatic heterocycles. The van der Waals surface area contributed by atoms with E-state index in [1.807, 2.05) is 345 Å². The van der Waals surface area contributed by atoms with Gasteiger partial charge in [-0.15, -0.1) is 23.5 Å². The summed E-state index contributed by atoms with van der Waals surface area (Å²) in [5, 5.41) is 33.1. The van der Waals surface area contributed by atoms with Gasteiger partial charge in [0.05, 0.1) is 54.0 Å². The van der Waals surface area contributed by atoms with Crippen LogP contribution in [0.25, 0.3) is 43.1 Å². The van der Waals surface area contributed by atoms with Crippen LogP contribution in [0.4, 0.5) is 0 Å². The summed E-state index contributed by atoms with van der Waals surface area (Å²) >= 11 is 61.5. The summed E-state index contributed by atoms with van der Waals surface area (Å²) in [6.07, 6.45) is 0. The number of rotatable bonds is 0. The maximum atomic E-state index is 2.43. The largest absolute Gasteiger partial charge is 0.116 e. The van der Waals surface area contributed by atoms with Gasteiger partial charge >= 0.3 is 0 Å². The van der Waals surface area contributed by atoms with Crippen LogP contribution in [0.5, 0.6) is 0 Å². The van der Waals surface area contributed by atoms with Gasteiger partial charge in [-0.05, 0) is 314 Å². The molecule has 0 saturated heterocycles. The van der Waals surface area contributed by atoms with Crippen LogP contribution in [-0.2, 0) is 0 Å². The molecule has 38 heteroatoms. The first-order chi connectivity index (χ1) is 47.8. The van der Waals surface area contributed by atoms with Gasteiger partial charge in [0.1, 0.15) is 0 Å². The minimum atomic E-state index is 1.21. The van der Waals surface area contributed by atoms with Crippen molar-refractivity contribution in [3.05, 3.63) is 198 Å². The van der Waals surface area contributed by atoms with E-state index >= 15 is 0 Å². The zero-order valence-corrected chi connectivity index (χ0v) is 90.3. The van der Waals surface area contributed by atoms with Crippen LogP contribution in [0.15, 0.2) is 184 Å². The maximum Gasteiger partial charge on any atom is 0.0717 e. The third kappa shape index (κ3) is 22.4. The van der Waals surface area contributed by atoms with Crippen LogP contribution in [0.3, 0.4) is 0 Å². The van der Waals surface area contributed by atoms with Crippen molar-refractivity contribution >= 4 is 569 Å². The van der Waals surface area contributed by atoms with E-state index in [2.05, 4.69) is 271 Å². The zero-order valence-electron chi connectivity index (χ0n) is 48.6. The van der Waals surface area contributed by atoms with Crippen molar-refractivity contribution in [3.8, 4) is 0 Å². The molecule has 0 spiro atoms. The third-order valence-corrected chi connectivity index (χ3v) is 65.2. The van der Waals surface area contributed by atoms with Crippen LogP contribution >= 0.6 is 526 Å². The van der Waals surface area contributed by atoms with Crippen molar-refractivity contribution in [1.29, 1.82) is 0 Å². The van der Waals surface area contributed by atoms with Crippen LogP contribution in [0.1, 0.15) is 0 Å². The number of thioether (sulfide) groups is 22. The average molecular weight is 2730 g/mol. The van der Waals surface area contributed by atoms with Gasteiger partial charge in [0.25, 0.3) is 0 Å². The van der Waals surface area contributed by atoms with E-state index in [1.54, 1.807) is 47.7 Å². The maximum absolute atomic E-state index is 2.43. The molecule has 0 nitrogen and oxygen atoms in total. The van der Waals surface area contributed by atoms with Gasteiger partial charge in [0.15, 0.2) is 0 Å². The van der Waals surface area contributed by atoms with Crippen LogP contribution < -0.4 is 0 Å². The lowest BCUT2D eigenvalue weighted by Gasteiger charge is -2.19. The second kappa shape index (κ2) is 42.5. The van der Waals surface area contributed by atoms with Gasteiger partial charge in [-0.3, -0.25) is 0 Å². The number of benzene rings is 3. The first kappa shape index (κ1) is 84.3. The topological polar surface area (TPSA) is 0 Å². The monoisotopic (exact) mass is 2730 g/mol. The Kier molecular flexibility index (Phi) is 36.5. The Balaban J connectivity index is 0.0000000998. The van der Waals surface area contributed by atoms with E-state index in [4.69, 9.17) is 0 Å². The highest BCUT2D eigenvalue weighted by molar-refractivity contribution is 14.2. The lowest BCUT2D eigenvalue weighted by atomic mass is 9.86. The number of fused-ring (bicyclic) bond motifs is 8. The number of halogens is 8. The van der Waals surface area contributed by atoms with Crippen molar-refractivity contribution in [2.75, 3.05) is 57.5 Å². The fourth-order valence-corrected chi connectivity index (χ4v) is 50.7. The Labute approximate surface area is 807 Å². The summed E-state index contributed by atoms with van der Waals surface area (Å²) in [4.78, 5) is 12.8. The summed E-state index contributed by atoms with van der Waals surface area (Å²) in [5.74, 6) is 12.2. The standard InChI is InChI=1S/C18H6I4.5C8H6S6.C2I4/c19-15-3-11-7-1-8-10(2-9(7)13(11)5-17(15)21)14-6-18(22)16(20)4-12(8)14;4*1-2-10-7(9-1)8-13-5-3-11-12-4-6(5)14-8;1-2-10-5(9-1)8-13-6-7(14-8)12-4-3-11-6;3-1(4)2(5)6/h1-6H;5*1-2H,3-4H2;. The van der Waals surface area contributed by atoms with Crippen molar-refractivity contribution in [2.45, 2.75) is 0 Å². The van der Waals surface area contributed by atoms with Gasteiger partial charge in [-0.25, -0.2) is 0 Å². The molecule has 20 rings (SSSR count). The first-order valence-electron chi connectivity index (χ1n) is 27.7.